The molecule has 1 heterocycles. The highest BCUT2D eigenvalue weighted by molar-refractivity contribution is 14.1. The van der Waals surface area contributed by atoms with Crippen molar-refractivity contribution in [1.82, 2.24) is 4.98 Å². The summed E-state index contributed by atoms with van der Waals surface area (Å²) < 4.78 is 1.21. The van der Waals surface area contributed by atoms with Gasteiger partial charge in [-0.15, -0.1) is 0 Å². The van der Waals surface area contributed by atoms with Gasteiger partial charge in [-0.2, -0.15) is 0 Å². The van der Waals surface area contributed by atoms with Crippen LogP contribution >= 0.6 is 22.6 Å². The van der Waals surface area contributed by atoms with Crippen molar-refractivity contribution in [2.45, 2.75) is 26.4 Å². The van der Waals surface area contributed by atoms with Crippen molar-refractivity contribution < 1.29 is 5.11 Å². The summed E-state index contributed by atoms with van der Waals surface area (Å²) in [5, 5.41) is 10.3. The number of pyridine rings is 1. The lowest BCUT2D eigenvalue weighted by molar-refractivity contribution is 0.178. The fourth-order valence-electron chi connectivity index (χ4n) is 2.02. The molecule has 0 radical (unpaired) electrons. The molecular weight excluding hydrogens is 337 g/mol. The van der Waals surface area contributed by atoms with Crippen LogP contribution in [0.15, 0.2) is 36.4 Å². The predicted molar refractivity (Wildman–Crippen MR) is 81.5 cm³/mol. The molecule has 2 aromatic rings. The molecule has 0 saturated heterocycles. The van der Waals surface area contributed by atoms with Gasteiger partial charge >= 0.3 is 0 Å². The van der Waals surface area contributed by atoms with E-state index in [9.17, 15) is 5.11 Å². The maximum Gasteiger partial charge on any atom is 0.0831 e. The first-order valence-electron chi connectivity index (χ1n) is 5.92. The second kappa shape index (κ2) is 5.80. The highest BCUT2D eigenvalue weighted by atomic mass is 127. The molecular formula is C15H16INO. The Balaban J connectivity index is 2.16. The summed E-state index contributed by atoms with van der Waals surface area (Å²) in [5.41, 5.74) is 3.99. The average molecular weight is 353 g/mol. The van der Waals surface area contributed by atoms with Gasteiger partial charge in [0.1, 0.15) is 0 Å². The van der Waals surface area contributed by atoms with Crippen LogP contribution in [0.2, 0.25) is 0 Å². The van der Waals surface area contributed by atoms with E-state index in [-0.39, 0.29) is 0 Å². The second-order valence-corrected chi connectivity index (χ2v) is 5.78. The van der Waals surface area contributed by atoms with E-state index in [0.717, 1.165) is 22.5 Å². The van der Waals surface area contributed by atoms with Gasteiger partial charge in [0.05, 0.1) is 6.10 Å². The molecule has 18 heavy (non-hydrogen) atoms. The van der Waals surface area contributed by atoms with Crippen molar-refractivity contribution >= 4 is 22.6 Å². The van der Waals surface area contributed by atoms with Crippen LogP contribution in [-0.4, -0.2) is 10.1 Å². The highest BCUT2D eigenvalue weighted by Crippen LogP contribution is 2.20. The number of hydrogen-bond donors (Lipinski definition) is 1. The van der Waals surface area contributed by atoms with E-state index in [2.05, 4.69) is 51.8 Å². The normalized spacial score (nSPS) is 12.4. The Bertz CT molecular complexity index is 516. The summed E-state index contributed by atoms with van der Waals surface area (Å²) in [6.07, 6.45) is 0.172. The molecule has 0 amide bonds. The van der Waals surface area contributed by atoms with Crippen LogP contribution in [0.3, 0.4) is 0 Å². The lowest BCUT2D eigenvalue weighted by atomic mass is 10.0. The molecule has 0 saturated carbocycles. The molecule has 0 aliphatic heterocycles. The van der Waals surface area contributed by atoms with Gasteiger partial charge < -0.3 is 5.11 Å². The van der Waals surface area contributed by atoms with Gasteiger partial charge in [-0.25, -0.2) is 0 Å². The summed E-state index contributed by atoms with van der Waals surface area (Å²) >= 11 is 2.28. The van der Waals surface area contributed by atoms with Gasteiger partial charge in [0.25, 0.3) is 0 Å². The van der Waals surface area contributed by atoms with Crippen LogP contribution in [0, 0.1) is 17.4 Å². The molecule has 0 bridgehead atoms. The smallest absolute Gasteiger partial charge is 0.0831 e. The first kappa shape index (κ1) is 13.5. The van der Waals surface area contributed by atoms with E-state index in [1.807, 2.05) is 26.0 Å². The van der Waals surface area contributed by atoms with Crippen molar-refractivity contribution in [2.24, 2.45) is 0 Å². The van der Waals surface area contributed by atoms with Gasteiger partial charge in [0, 0.05) is 21.4 Å². The quantitative estimate of drug-likeness (QED) is 0.856. The number of halogens is 1. The molecule has 0 spiro atoms. The standard InChI is InChI=1S/C15H16INO/c1-10-7-13(8-11(2)17-10)15(18)9-12-3-5-14(16)6-4-12/h3-8,15,18H,9H2,1-2H3. The third-order valence-corrected chi connectivity index (χ3v) is 3.55. The van der Waals surface area contributed by atoms with Gasteiger partial charge in [-0.1, -0.05) is 12.1 Å². The van der Waals surface area contributed by atoms with E-state index >= 15 is 0 Å². The first-order valence-corrected chi connectivity index (χ1v) is 7.00. The van der Waals surface area contributed by atoms with Crippen molar-refractivity contribution in [2.75, 3.05) is 0 Å². The van der Waals surface area contributed by atoms with E-state index in [1.54, 1.807) is 0 Å². The minimum absolute atomic E-state index is 0.467. The third kappa shape index (κ3) is 3.53. The molecule has 94 valence electrons. The molecule has 0 aliphatic carbocycles. The van der Waals surface area contributed by atoms with Crippen LogP contribution in [0.25, 0.3) is 0 Å². The second-order valence-electron chi connectivity index (χ2n) is 4.53. The molecule has 2 nitrogen and oxygen atoms in total. The molecule has 1 aromatic heterocycles. The van der Waals surface area contributed by atoms with Crippen LogP contribution < -0.4 is 0 Å². The molecule has 1 unspecified atom stereocenters. The SMILES string of the molecule is Cc1cc(C(O)Cc2ccc(I)cc2)cc(C)n1. The predicted octanol–water partition coefficient (Wildman–Crippen LogP) is 3.58. The number of aromatic nitrogens is 1. The average Bonchev–Trinajstić information content (AvgIpc) is 2.31. The van der Waals surface area contributed by atoms with Crippen molar-refractivity contribution in [1.29, 1.82) is 0 Å². The topological polar surface area (TPSA) is 33.1 Å². The number of aliphatic hydroxyl groups is 1. The monoisotopic (exact) mass is 353 g/mol. The summed E-state index contributed by atoms with van der Waals surface area (Å²) in [4.78, 5) is 4.32. The summed E-state index contributed by atoms with van der Waals surface area (Å²) in [6.45, 7) is 3.90. The maximum atomic E-state index is 10.3. The third-order valence-electron chi connectivity index (χ3n) is 2.83. The Morgan fingerprint density at radius 2 is 1.67 bits per heavy atom. The van der Waals surface area contributed by atoms with Crippen LogP contribution in [-0.2, 0) is 6.42 Å². The molecule has 0 fully saturated rings. The lowest BCUT2D eigenvalue weighted by Gasteiger charge is -2.12. The summed E-state index contributed by atoms with van der Waals surface area (Å²) in [7, 11) is 0. The van der Waals surface area contributed by atoms with E-state index in [4.69, 9.17) is 0 Å². The largest absolute Gasteiger partial charge is 0.388 e. The van der Waals surface area contributed by atoms with Crippen molar-refractivity contribution in [3.8, 4) is 0 Å². The Kier molecular flexibility index (Phi) is 4.35. The Labute approximate surface area is 121 Å². The minimum Gasteiger partial charge on any atom is -0.388 e. The van der Waals surface area contributed by atoms with Crippen molar-refractivity contribution in [3.63, 3.8) is 0 Å². The molecule has 0 aliphatic rings. The molecule has 1 aromatic carbocycles. The fraction of sp³-hybridized carbons (Fsp3) is 0.267. The number of benzene rings is 1. The fourth-order valence-corrected chi connectivity index (χ4v) is 2.38. The van der Waals surface area contributed by atoms with E-state index in [0.29, 0.717) is 6.42 Å². The zero-order chi connectivity index (χ0) is 13.1. The van der Waals surface area contributed by atoms with Crippen LogP contribution in [0.4, 0.5) is 0 Å². The Morgan fingerprint density at radius 1 is 1.11 bits per heavy atom. The molecule has 3 heteroatoms. The van der Waals surface area contributed by atoms with Gasteiger partial charge in [0.2, 0.25) is 0 Å². The Hall–Kier alpha value is -0.940. The van der Waals surface area contributed by atoms with E-state index < -0.39 is 6.10 Å². The number of aryl methyl sites for hydroxylation is 2. The van der Waals surface area contributed by atoms with Gasteiger partial charge in [0.15, 0.2) is 0 Å². The number of nitrogens with zero attached hydrogens (tertiary/aromatic N) is 1. The Morgan fingerprint density at radius 3 is 2.22 bits per heavy atom. The first-order chi connectivity index (χ1) is 8.54. The zero-order valence-electron chi connectivity index (χ0n) is 10.5. The molecule has 1 N–H and O–H groups in total. The number of hydrogen-bond acceptors (Lipinski definition) is 2. The molecule has 1 atom stereocenters. The lowest BCUT2D eigenvalue weighted by Crippen LogP contribution is -2.03. The minimum atomic E-state index is -0.467. The maximum absolute atomic E-state index is 10.3. The van der Waals surface area contributed by atoms with Gasteiger partial charge in [-0.3, -0.25) is 4.98 Å². The summed E-state index contributed by atoms with van der Waals surface area (Å²) in [5.74, 6) is 0. The van der Waals surface area contributed by atoms with Crippen LogP contribution in [0.5, 0.6) is 0 Å². The number of rotatable bonds is 3. The van der Waals surface area contributed by atoms with E-state index in [1.165, 1.54) is 3.57 Å². The molecule has 2 rings (SSSR count). The highest BCUT2D eigenvalue weighted by Gasteiger charge is 2.10. The zero-order valence-corrected chi connectivity index (χ0v) is 12.7. The summed E-state index contributed by atoms with van der Waals surface area (Å²) in [6, 6.07) is 12.1. The van der Waals surface area contributed by atoms with Crippen molar-refractivity contribution in [3.05, 3.63) is 62.5 Å². The van der Waals surface area contributed by atoms with Gasteiger partial charge in [-0.05, 0) is 71.8 Å². The van der Waals surface area contributed by atoms with Crippen LogP contribution in [0.1, 0.15) is 28.6 Å². The number of aliphatic hydroxyl groups excluding tert-OH is 1.